The summed E-state index contributed by atoms with van der Waals surface area (Å²) in [6.07, 6.45) is 1.18. The van der Waals surface area contributed by atoms with Gasteiger partial charge in [-0.05, 0) is 18.6 Å². The van der Waals surface area contributed by atoms with E-state index >= 15 is 0 Å². The van der Waals surface area contributed by atoms with Crippen LogP contribution in [0.15, 0.2) is 29.0 Å². The van der Waals surface area contributed by atoms with Gasteiger partial charge >= 0.3 is 0 Å². The largest absolute Gasteiger partial charge is 0.423 e. The van der Waals surface area contributed by atoms with Crippen molar-refractivity contribution in [3.8, 4) is 11.5 Å². The van der Waals surface area contributed by atoms with E-state index in [1.165, 1.54) is 6.39 Å². The molecule has 0 fully saturated rings. The Morgan fingerprint density at radius 1 is 1.38 bits per heavy atom. The first-order chi connectivity index (χ1) is 6.29. The first kappa shape index (κ1) is 7.91. The second-order valence-electron chi connectivity index (χ2n) is 2.68. The van der Waals surface area contributed by atoms with Crippen molar-refractivity contribution in [2.45, 2.75) is 6.92 Å². The SMILES string of the molecule is Cc1cccc(-c2nnco2)c1F. The highest BCUT2D eigenvalue weighted by Gasteiger charge is 2.10. The van der Waals surface area contributed by atoms with E-state index in [0.29, 0.717) is 11.1 Å². The fourth-order valence-electron chi connectivity index (χ4n) is 1.10. The third-order valence-corrected chi connectivity index (χ3v) is 1.78. The van der Waals surface area contributed by atoms with Crippen LogP contribution in [0, 0.1) is 12.7 Å². The summed E-state index contributed by atoms with van der Waals surface area (Å²) >= 11 is 0. The van der Waals surface area contributed by atoms with Crippen LogP contribution in [0.4, 0.5) is 4.39 Å². The maximum Gasteiger partial charge on any atom is 0.250 e. The molecule has 13 heavy (non-hydrogen) atoms. The normalized spacial score (nSPS) is 10.3. The molecule has 0 aliphatic carbocycles. The number of rotatable bonds is 1. The molecule has 0 radical (unpaired) electrons. The van der Waals surface area contributed by atoms with Gasteiger partial charge in [0.05, 0.1) is 5.56 Å². The maximum absolute atomic E-state index is 13.4. The lowest BCUT2D eigenvalue weighted by Gasteiger charge is -1.99. The molecule has 1 aromatic heterocycles. The van der Waals surface area contributed by atoms with E-state index in [4.69, 9.17) is 4.42 Å². The molecule has 0 unspecified atom stereocenters. The number of halogens is 1. The van der Waals surface area contributed by atoms with Crippen LogP contribution in [0.2, 0.25) is 0 Å². The quantitative estimate of drug-likeness (QED) is 0.671. The first-order valence-electron chi connectivity index (χ1n) is 3.80. The minimum atomic E-state index is -0.313. The van der Waals surface area contributed by atoms with E-state index in [9.17, 15) is 4.39 Å². The van der Waals surface area contributed by atoms with Gasteiger partial charge in [0, 0.05) is 0 Å². The van der Waals surface area contributed by atoms with E-state index < -0.39 is 0 Å². The molecule has 1 aromatic carbocycles. The lowest BCUT2D eigenvalue weighted by molar-refractivity contribution is 0.556. The minimum absolute atomic E-state index is 0.209. The Bertz CT molecular complexity index is 412. The summed E-state index contributed by atoms with van der Waals surface area (Å²) < 4.78 is 18.3. The Balaban J connectivity index is 2.59. The fourth-order valence-corrected chi connectivity index (χ4v) is 1.10. The van der Waals surface area contributed by atoms with Crippen molar-refractivity contribution >= 4 is 0 Å². The highest BCUT2D eigenvalue weighted by atomic mass is 19.1. The smallest absolute Gasteiger partial charge is 0.250 e. The summed E-state index contributed by atoms with van der Waals surface area (Å²) in [5.74, 6) is -0.104. The second kappa shape index (κ2) is 2.97. The number of aryl methyl sites for hydroxylation is 1. The highest BCUT2D eigenvalue weighted by Crippen LogP contribution is 2.21. The molecule has 1 heterocycles. The summed E-state index contributed by atoms with van der Waals surface area (Å²) in [5, 5.41) is 7.12. The van der Waals surface area contributed by atoms with Crippen LogP contribution < -0.4 is 0 Å². The molecule has 0 spiro atoms. The number of hydrogen-bond donors (Lipinski definition) is 0. The zero-order chi connectivity index (χ0) is 9.26. The molecule has 0 saturated carbocycles. The third kappa shape index (κ3) is 1.30. The molecule has 2 aromatic rings. The van der Waals surface area contributed by atoms with Crippen molar-refractivity contribution in [3.63, 3.8) is 0 Å². The highest BCUT2D eigenvalue weighted by molar-refractivity contribution is 5.54. The van der Waals surface area contributed by atoms with E-state index in [1.54, 1.807) is 25.1 Å². The summed E-state index contributed by atoms with van der Waals surface area (Å²) in [6, 6.07) is 5.04. The van der Waals surface area contributed by atoms with Gasteiger partial charge in [0.1, 0.15) is 5.82 Å². The van der Waals surface area contributed by atoms with Gasteiger partial charge in [-0.1, -0.05) is 12.1 Å². The molecule has 0 amide bonds. The molecule has 0 saturated heterocycles. The minimum Gasteiger partial charge on any atom is -0.423 e. The Morgan fingerprint density at radius 2 is 2.23 bits per heavy atom. The number of nitrogens with zero attached hydrogens (tertiary/aromatic N) is 2. The molecule has 4 heteroatoms. The fraction of sp³-hybridized carbons (Fsp3) is 0.111. The van der Waals surface area contributed by atoms with Gasteiger partial charge in [-0.15, -0.1) is 10.2 Å². The van der Waals surface area contributed by atoms with Gasteiger partial charge in [0.2, 0.25) is 12.3 Å². The van der Waals surface area contributed by atoms with Gasteiger partial charge in [-0.25, -0.2) is 4.39 Å². The Kier molecular flexibility index (Phi) is 1.81. The van der Waals surface area contributed by atoms with Crippen LogP contribution in [-0.4, -0.2) is 10.2 Å². The van der Waals surface area contributed by atoms with Crippen LogP contribution >= 0.6 is 0 Å². The topological polar surface area (TPSA) is 38.9 Å². The van der Waals surface area contributed by atoms with Gasteiger partial charge in [-0.3, -0.25) is 0 Å². The van der Waals surface area contributed by atoms with Gasteiger partial charge in [0.15, 0.2) is 0 Å². The van der Waals surface area contributed by atoms with Gasteiger partial charge in [0.25, 0.3) is 0 Å². The van der Waals surface area contributed by atoms with Crippen LogP contribution in [0.5, 0.6) is 0 Å². The van der Waals surface area contributed by atoms with Crippen molar-refractivity contribution < 1.29 is 8.81 Å². The molecule has 0 aliphatic rings. The summed E-state index contributed by atoms with van der Waals surface area (Å²) in [5.41, 5.74) is 0.910. The van der Waals surface area contributed by atoms with E-state index in [-0.39, 0.29) is 11.7 Å². The lowest BCUT2D eigenvalue weighted by atomic mass is 10.1. The molecule has 0 bridgehead atoms. The Labute approximate surface area is 74.2 Å². The first-order valence-corrected chi connectivity index (χ1v) is 3.80. The molecular weight excluding hydrogens is 171 g/mol. The predicted octanol–water partition coefficient (Wildman–Crippen LogP) is 2.18. The van der Waals surface area contributed by atoms with Crippen molar-refractivity contribution in [2.24, 2.45) is 0 Å². The van der Waals surface area contributed by atoms with Crippen molar-refractivity contribution in [3.05, 3.63) is 36.0 Å². The number of hydrogen-bond acceptors (Lipinski definition) is 3. The van der Waals surface area contributed by atoms with Gasteiger partial charge < -0.3 is 4.42 Å². The summed E-state index contributed by atoms with van der Waals surface area (Å²) in [6.45, 7) is 1.69. The van der Waals surface area contributed by atoms with Crippen molar-refractivity contribution in [1.29, 1.82) is 0 Å². The molecule has 66 valence electrons. The van der Waals surface area contributed by atoms with E-state index in [2.05, 4.69) is 10.2 Å². The molecule has 0 atom stereocenters. The lowest BCUT2D eigenvalue weighted by Crippen LogP contribution is -1.87. The molecule has 3 nitrogen and oxygen atoms in total. The van der Waals surface area contributed by atoms with Crippen LogP contribution in [0.1, 0.15) is 5.56 Å². The second-order valence-corrected chi connectivity index (χ2v) is 2.68. The zero-order valence-corrected chi connectivity index (χ0v) is 6.99. The molecule has 0 aliphatic heterocycles. The Morgan fingerprint density at radius 3 is 2.92 bits per heavy atom. The standard InChI is InChI=1S/C9H7FN2O/c1-6-3-2-4-7(8(6)10)9-12-11-5-13-9/h2-5H,1H3. The monoisotopic (exact) mass is 178 g/mol. The average molecular weight is 178 g/mol. The Hall–Kier alpha value is -1.71. The van der Waals surface area contributed by atoms with E-state index in [0.717, 1.165) is 0 Å². The van der Waals surface area contributed by atoms with E-state index in [1.807, 2.05) is 0 Å². The average Bonchev–Trinajstić information content (AvgIpc) is 2.62. The summed E-state index contributed by atoms with van der Waals surface area (Å²) in [4.78, 5) is 0. The third-order valence-electron chi connectivity index (χ3n) is 1.78. The van der Waals surface area contributed by atoms with Crippen molar-refractivity contribution in [2.75, 3.05) is 0 Å². The molecular formula is C9H7FN2O. The van der Waals surface area contributed by atoms with Crippen molar-refractivity contribution in [1.82, 2.24) is 10.2 Å². The zero-order valence-electron chi connectivity index (χ0n) is 6.99. The molecule has 0 N–H and O–H groups in total. The maximum atomic E-state index is 13.4. The molecule has 2 rings (SSSR count). The van der Waals surface area contributed by atoms with Crippen LogP contribution in [-0.2, 0) is 0 Å². The van der Waals surface area contributed by atoms with Crippen LogP contribution in [0.3, 0.4) is 0 Å². The number of benzene rings is 1. The number of aromatic nitrogens is 2. The van der Waals surface area contributed by atoms with Crippen LogP contribution in [0.25, 0.3) is 11.5 Å². The predicted molar refractivity (Wildman–Crippen MR) is 44.4 cm³/mol. The van der Waals surface area contributed by atoms with Gasteiger partial charge in [-0.2, -0.15) is 0 Å². The summed E-state index contributed by atoms with van der Waals surface area (Å²) in [7, 11) is 0.